The lowest BCUT2D eigenvalue weighted by Crippen LogP contribution is -2.49. The predicted molar refractivity (Wildman–Crippen MR) is 80.5 cm³/mol. The molecular formula is C16H24N2O2. The number of hydrogen-bond acceptors (Lipinski definition) is 2. The van der Waals surface area contributed by atoms with Crippen molar-refractivity contribution in [1.29, 1.82) is 0 Å². The van der Waals surface area contributed by atoms with Crippen LogP contribution >= 0.6 is 0 Å². The van der Waals surface area contributed by atoms with Gasteiger partial charge >= 0.3 is 0 Å². The molecule has 0 aliphatic heterocycles. The van der Waals surface area contributed by atoms with E-state index < -0.39 is 6.04 Å². The minimum atomic E-state index is -0.500. The first-order valence-corrected chi connectivity index (χ1v) is 7.19. The second kappa shape index (κ2) is 8.35. The highest BCUT2D eigenvalue weighted by atomic mass is 16.2. The molecule has 0 saturated carbocycles. The molecule has 0 fully saturated rings. The summed E-state index contributed by atoms with van der Waals surface area (Å²) in [5.41, 5.74) is 0.569. The Morgan fingerprint density at radius 1 is 1.15 bits per heavy atom. The molecule has 1 rings (SSSR count). The Morgan fingerprint density at radius 2 is 1.80 bits per heavy atom. The van der Waals surface area contributed by atoms with Crippen LogP contribution in [0, 0.1) is 5.92 Å². The van der Waals surface area contributed by atoms with Crippen molar-refractivity contribution in [2.75, 3.05) is 6.54 Å². The van der Waals surface area contributed by atoms with Crippen molar-refractivity contribution in [2.24, 2.45) is 5.92 Å². The Labute approximate surface area is 121 Å². The molecule has 0 aliphatic rings. The van der Waals surface area contributed by atoms with E-state index in [0.717, 1.165) is 12.8 Å². The maximum Gasteiger partial charge on any atom is 0.251 e. The van der Waals surface area contributed by atoms with Crippen molar-refractivity contribution in [3.8, 4) is 0 Å². The lowest BCUT2D eigenvalue weighted by molar-refractivity contribution is -0.123. The Balaban J connectivity index is 2.63. The summed E-state index contributed by atoms with van der Waals surface area (Å²) in [6, 6.07) is 8.44. The maximum absolute atomic E-state index is 12.1. The van der Waals surface area contributed by atoms with Crippen LogP contribution in [-0.4, -0.2) is 24.4 Å². The Kier molecular flexibility index (Phi) is 6.77. The monoisotopic (exact) mass is 276 g/mol. The minimum Gasteiger partial charge on any atom is -0.354 e. The SMILES string of the molecule is CCCCNC(=O)[C@@H](NC(=O)c1ccccc1)C(C)C. The van der Waals surface area contributed by atoms with Crippen LogP contribution in [0.4, 0.5) is 0 Å². The second-order valence-electron chi connectivity index (χ2n) is 5.21. The summed E-state index contributed by atoms with van der Waals surface area (Å²) < 4.78 is 0. The van der Waals surface area contributed by atoms with Gasteiger partial charge in [-0.2, -0.15) is 0 Å². The molecule has 0 bridgehead atoms. The number of carbonyl (C=O) groups excluding carboxylic acids is 2. The zero-order chi connectivity index (χ0) is 15.0. The van der Waals surface area contributed by atoms with E-state index in [-0.39, 0.29) is 17.7 Å². The first kappa shape index (κ1) is 16.2. The van der Waals surface area contributed by atoms with Crippen molar-refractivity contribution in [3.63, 3.8) is 0 Å². The molecule has 2 amide bonds. The normalized spacial score (nSPS) is 12.0. The Hall–Kier alpha value is -1.84. The largest absolute Gasteiger partial charge is 0.354 e. The summed E-state index contributed by atoms with van der Waals surface area (Å²) >= 11 is 0. The first-order valence-electron chi connectivity index (χ1n) is 7.19. The lowest BCUT2D eigenvalue weighted by atomic mass is 10.0. The predicted octanol–water partition coefficient (Wildman–Crippen LogP) is 2.36. The van der Waals surface area contributed by atoms with E-state index in [4.69, 9.17) is 0 Å². The Bertz CT molecular complexity index is 429. The minimum absolute atomic E-state index is 0.0456. The van der Waals surface area contributed by atoms with Gasteiger partial charge in [-0.3, -0.25) is 9.59 Å². The average Bonchev–Trinajstić information content (AvgIpc) is 2.45. The summed E-state index contributed by atoms with van der Waals surface area (Å²) in [4.78, 5) is 24.2. The van der Waals surface area contributed by atoms with Crippen molar-refractivity contribution in [3.05, 3.63) is 35.9 Å². The zero-order valence-corrected chi connectivity index (χ0v) is 12.5. The molecule has 20 heavy (non-hydrogen) atoms. The van der Waals surface area contributed by atoms with Gasteiger partial charge in [-0.1, -0.05) is 45.4 Å². The highest BCUT2D eigenvalue weighted by molar-refractivity contribution is 5.97. The number of benzene rings is 1. The third-order valence-electron chi connectivity index (χ3n) is 3.10. The molecule has 4 heteroatoms. The van der Waals surface area contributed by atoms with Crippen LogP contribution in [0.5, 0.6) is 0 Å². The van der Waals surface area contributed by atoms with Crippen molar-refractivity contribution >= 4 is 11.8 Å². The number of unbranched alkanes of at least 4 members (excludes halogenated alkanes) is 1. The molecule has 110 valence electrons. The van der Waals surface area contributed by atoms with Gasteiger partial charge in [0.15, 0.2) is 0 Å². The van der Waals surface area contributed by atoms with Gasteiger partial charge in [0, 0.05) is 12.1 Å². The summed E-state index contributed by atoms with van der Waals surface area (Å²) in [5.74, 6) is -0.281. The van der Waals surface area contributed by atoms with Gasteiger partial charge in [0.2, 0.25) is 5.91 Å². The molecule has 0 aliphatic carbocycles. The molecule has 0 spiro atoms. The maximum atomic E-state index is 12.1. The van der Waals surface area contributed by atoms with Gasteiger partial charge in [0.25, 0.3) is 5.91 Å². The number of hydrogen-bond donors (Lipinski definition) is 2. The quantitative estimate of drug-likeness (QED) is 0.751. The molecule has 1 aromatic rings. The molecule has 1 aromatic carbocycles. The standard InChI is InChI=1S/C16H24N2O2/c1-4-5-11-17-16(20)14(12(2)3)18-15(19)13-9-7-6-8-10-13/h6-10,12,14H,4-5,11H2,1-3H3,(H,17,20)(H,18,19)/t14-/m0/s1. The van der Waals surface area contributed by atoms with Gasteiger partial charge in [-0.15, -0.1) is 0 Å². The molecular weight excluding hydrogens is 252 g/mol. The highest BCUT2D eigenvalue weighted by Gasteiger charge is 2.24. The summed E-state index contributed by atoms with van der Waals surface area (Å²) in [7, 11) is 0. The van der Waals surface area contributed by atoms with Crippen LogP contribution in [0.25, 0.3) is 0 Å². The molecule has 1 atom stereocenters. The molecule has 4 nitrogen and oxygen atoms in total. The number of nitrogens with one attached hydrogen (secondary N) is 2. The molecule has 2 N–H and O–H groups in total. The van der Waals surface area contributed by atoms with Crippen LogP contribution in [-0.2, 0) is 4.79 Å². The molecule has 0 aromatic heterocycles. The van der Waals surface area contributed by atoms with E-state index in [1.807, 2.05) is 19.9 Å². The fourth-order valence-electron chi connectivity index (χ4n) is 1.85. The van der Waals surface area contributed by atoms with Crippen LogP contribution in [0.1, 0.15) is 44.0 Å². The molecule has 0 heterocycles. The van der Waals surface area contributed by atoms with Crippen LogP contribution in [0.15, 0.2) is 30.3 Å². The van der Waals surface area contributed by atoms with Gasteiger partial charge in [-0.25, -0.2) is 0 Å². The summed E-state index contributed by atoms with van der Waals surface area (Å²) in [6.45, 7) is 6.58. The number of carbonyl (C=O) groups is 2. The summed E-state index contributed by atoms with van der Waals surface area (Å²) in [6.07, 6.45) is 1.98. The van der Waals surface area contributed by atoms with Crippen LogP contribution < -0.4 is 10.6 Å². The molecule has 0 unspecified atom stereocenters. The van der Waals surface area contributed by atoms with Crippen LogP contribution in [0.3, 0.4) is 0 Å². The van der Waals surface area contributed by atoms with E-state index in [9.17, 15) is 9.59 Å². The highest BCUT2D eigenvalue weighted by Crippen LogP contribution is 2.05. The van der Waals surface area contributed by atoms with E-state index in [0.29, 0.717) is 12.1 Å². The third-order valence-corrected chi connectivity index (χ3v) is 3.10. The first-order chi connectivity index (χ1) is 9.56. The molecule has 0 saturated heterocycles. The zero-order valence-electron chi connectivity index (χ0n) is 12.5. The summed E-state index contributed by atoms with van der Waals surface area (Å²) in [5, 5.41) is 5.68. The van der Waals surface area contributed by atoms with Gasteiger partial charge in [0.05, 0.1) is 0 Å². The fraction of sp³-hybridized carbons (Fsp3) is 0.500. The van der Waals surface area contributed by atoms with Gasteiger partial charge in [-0.05, 0) is 24.5 Å². The topological polar surface area (TPSA) is 58.2 Å². The molecule has 0 radical (unpaired) electrons. The van der Waals surface area contributed by atoms with E-state index in [2.05, 4.69) is 17.6 Å². The van der Waals surface area contributed by atoms with E-state index >= 15 is 0 Å². The van der Waals surface area contributed by atoms with Gasteiger partial charge < -0.3 is 10.6 Å². The third kappa shape index (κ3) is 5.03. The number of amides is 2. The lowest BCUT2D eigenvalue weighted by Gasteiger charge is -2.21. The van der Waals surface area contributed by atoms with Crippen molar-refractivity contribution in [2.45, 2.75) is 39.7 Å². The number of rotatable bonds is 7. The van der Waals surface area contributed by atoms with E-state index in [1.54, 1.807) is 24.3 Å². The Morgan fingerprint density at radius 3 is 2.35 bits per heavy atom. The van der Waals surface area contributed by atoms with Gasteiger partial charge in [0.1, 0.15) is 6.04 Å². The van der Waals surface area contributed by atoms with Crippen molar-refractivity contribution in [1.82, 2.24) is 10.6 Å². The smallest absolute Gasteiger partial charge is 0.251 e. The average molecular weight is 276 g/mol. The van der Waals surface area contributed by atoms with Crippen LogP contribution in [0.2, 0.25) is 0 Å². The van der Waals surface area contributed by atoms with E-state index in [1.165, 1.54) is 0 Å². The van der Waals surface area contributed by atoms with Crippen molar-refractivity contribution < 1.29 is 9.59 Å². The fourth-order valence-corrected chi connectivity index (χ4v) is 1.85. The second-order valence-corrected chi connectivity index (χ2v) is 5.21.